The molecule has 7 nitrogen and oxygen atoms in total. The van der Waals surface area contributed by atoms with Crippen LogP contribution in [0.15, 0.2) is 24.3 Å². The third kappa shape index (κ3) is 4.79. The van der Waals surface area contributed by atoms with Crippen LogP contribution < -0.4 is 5.73 Å². The normalized spacial score (nSPS) is 15.0. The van der Waals surface area contributed by atoms with Crippen molar-refractivity contribution >= 4 is 17.7 Å². The first-order valence-electron chi connectivity index (χ1n) is 8.65. The average Bonchev–Trinajstić information content (AvgIpc) is 2.63. The van der Waals surface area contributed by atoms with Crippen LogP contribution >= 0.6 is 0 Å². The van der Waals surface area contributed by atoms with Crippen molar-refractivity contribution in [2.24, 2.45) is 5.73 Å². The number of primary amides is 1. The van der Waals surface area contributed by atoms with Crippen LogP contribution in [-0.2, 0) is 4.79 Å². The molecule has 2 rings (SSSR count). The van der Waals surface area contributed by atoms with Gasteiger partial charge in [-0.05, 0) is 38.1 Å². The van der Waals surface area contributed by atoms with E-state index < -0.39 is 5.91 Å². The molecule has 1 aromatic carbocycles. The largest absolute Gasteiger partial charge is 0.366 e. The molecule has 1 fully saturated rings. The Kier molecular flexibility index (Phi) is 6.52. The summed E-state index contributed by atoms with van der Waals surface area (Å²) in [4.78, 5) is 41.5. The molecule has 1 aromatic rings. The molecule has 0 saturated carbocycles. The first-order valence-corrected chi connectivity index (χ1v) is 8.65. The number of carbonyl (C=O) groups excluding carboxylic acids is 3. The Hall–Kier alpha value is -2.41. The van der Waals surface area contributed by atoms with Crippen molar-refractivity contribution in [3.63, 3.8) is 0 Å². The Balaban J connectivity index is 1.87. The van der Waals surface area contributed by atoms with E-state index in [1.807, 2.05) is 18.7 Å². The van der Waals surface area contributed by atoms with E-state index in [1.54, 1.807) is 29.2 Å². The van der Waals surface area contributed by atoms with E-state index in [2.05, 4.69) is 4.90 Å². The Morgan fingerprint density at radius 3 is 1.96 bits per heavy atom. The summed E-state index contributed by atoms with van der Waals surface area (Å²) in [6.45, 7) is 8.31. The first-order chi connectivity index (χ1) is 12.0. The smallest absolute Gasteiger partial charge is 0.253 e. The van der Waals surface area contributed by atoms with E-state index in [9.17, 15) is 14.4 Å². The predicted molar refractivity (Wildman–Crippen MR) is 95.2 cm³/mol. The van der Waals surface area contributed by atoms with Crippen LogP contribution in [-0.4, -0.2) is 78.2 Å². The molecule has 25 heavy (non-hydrogen) atoms. The van der Waals surface area contributed by atoms with Crippen molar-refractivity contribution < 1.29 is 14.4 Å². The zero-order valence-corrected chi connectivity index (χ0v) is 14.9. The van der Waals surface area contributed by atoms with Gasteiger partial charge in [-0.3, -0.25) is 19.3 Å². The number of piperazine rings is 1. The lowest BCUT2D eigenvalue weighted by atomic mass is 10.1. The van der Waals surface area contributed by atoms with Crippen LogP contribution in [0.3, 0.4) is 0 Å². The maximum absolute atomic E-state index is 12.5. The van der Waals surface area contributed by atoms with Gasteiger partial charge in [0.15, 0.2) is 0 Å². The molecule has 1 heterocycles. The number of rotatable bonds is 6. The first kappa shape index (κ1) is 18.9. The van der Waals surface area contributed by atoms with Crippen LogP contribution in [0.2, 0.25) is 0 Å². The second-order valence-corrected chi connectivity index (χ2v) is 6.08. The highest BCUT2D eigenvalue weighted by molar-refractivity contribution is 5.97. The van der Waals surface area contributed by atoms with Crippen molar-refractivity contribution in [1.29, 1.82) is 0 Å². The summed E-state index contributed by atoms with van der Waals surface area (Å²) in [5.74, 6) is -0.442. The molecule has 1 aliphatic rings. The van der Waals surface area contributed by atoms with Gasteiger partial charge in [0.25, 0.3) is 5.91 Å². The van der Waals surface area contributed by atoms with Crippen molar-refractivity contribution in [2.45, 2.75) is 13.8 Å². The summed E-state index contributed by atoms with van der Waals surface area (Å²) in [6.07, 6.45) is 0. The minimum atomic E-state index is -0.509. The average molecular weight is 346 g/mol. The summed E-state index contributed by atoms with van der Waals surface area (Å²) in [5, 5.41) is 0. The van der Waals surface area contributed by atoms with E-state index in [-0.39, 0.29) is 11.8 Å². The fourth-order valence-corrected chi connectivity index (χ4v) is 2.94. The van der Waals surface area contributed by atoms with E-state index in [1.165, 1.54) is 0 Å². The second kappa shape index (κ2) is 8.62. The monoisotopic (exact) mass is 346 g/mol. The summed E-state index contributed by atoms with van der Waals surface area (Å²) in [6, 6.07) is 6.38. The molecule has 0 atom stereocenters. The summed E-state index contributed by atoms with van der Waals surface area (Å²) in [5.41, 5.74) is 6.13. The highest BCUT2D eigenvalue weighted by atomic mass is 16.2. The van der Waals surface area contributed by atoms with Gasteiger partial charge in [-0.15, -0.1) is 0 Å². The van der Waals surface area contributed by atoms with Crippen LogP contribution in [0.1, 0.15) is 34.6 Å². The Morgan fingerprint density at radius 1 is 0.960 bits per heavy atom. The molecule has 0 spiro atoms. The number of carbonyl (C=O) groups is 3. The summed E-state index contributed by atoms with van der Waals surface area (Å²) < 4.78 is 0. The Bertz CT molecular complexity index is 618. The minimum absolute atomic E-state index is 0.0641. The van der Waals surface area contributed by atoms with Gasteiger partial charge in [-0.1, -0.05) is 0 Å². The lowest BCUT2D eigenvalue weighted by Crippen LogP contribution is -2.51. The van der Waals surface area contributed by atoms with Gasteiger partial charge in [0.2, 0.25) is 11.8 Å². The van der Waals surface area contributed by atoms with E-state index in [0.29, 0.717) is 43.9 Å². The Labute approximate surface area is 148 Å². The topological polar surface area (TPSA) is 87.0 Å². The zero-order valence-electron chi connectivity index (χ0n) is 14.9. The number of hydrogen-bond donors (Lipinski definition) is 1. The number of likely N-dealkylation sites (N-methyl/N-ethyl adjacent to an activating group) is 1. The van der Waals surface area contributed by atoms with Crippen molar-refractivity contribution in [3.05, 3.63) is 35.4 Å². The maximum atomic E-state index is 12.5. The van der Waals surface area contributed by atoms with Crippen LogP contribution in [0.25, 0.3) is 0 Å². The van der Waals surface area contributed by atoms with Gasteiger partial charge in [-0.25, -0.2) is 0 Å². The zero-order chi connectivity index (χ0) is 18.4. The number of nitrogens with two attached hydrogens (primary N) is 1. The molecule has 0 bridgehead atoms. The standard InChI is InChI=1S/C18H26N4O3/c1-3-21(4-2)16(23)13-20-9-11-22(12-10-20)18(25)15-7-5-14(6-8-15)17(19)24/h5-8H,3-4,9-13H2,1-2H3,(H2,19,24). The van der Waals surface area contributed by atoms with Gasteiger partial charge in [-0.2, -0.15) is 0 Å². The highest BCUT2D eigenvalue weighted by Gasteiger charge is 2.24. The van der Waals surface area contributed by atoms with E-state index in [0.717, 1.165) is 13.1 Å². The predicted octanol–water partition coefficient (Wildman–Crippen LogP) is 0.412. The van der Waals surface area contributed by atoms with Crippen molar-refractivity contribution in [2.75, 3.05) is 45.8 Å². The van der Waals surface area contributed by atoms with E-state index >= 15 is 0 Å². The van der Waals surface area contributed by atoms with Gasteiger partial charge in [0.1, 0.15) is 0 Å². The molecule has 1 aliphatic heterocycles. The fraction of sp³-hybridized carbons (Fsp3) is 0.500. The lowest BCUT2D eigenvalue weighted by molar-refractivity contribution is -0.132. The second-order valence-electron chi connectivity index (χ2n) is 6.08. The minimum Gasteiger partial charge on any atom is -0.366 e. The lowest BCUT2D eigenvalue weighted by Gasteiger charge is -2.35. The molecular formula is C18H26N4O3. The number of nitrogens with zero attached hydrogens (tertiary/aromatic N) is 3. The highest BCUT2D eigenvalue weighted by Crippen LogP contribution is 2.10. The SMILES string of the molecule is CCN(CC)C(=O)CN1CCN(C(=O)c2ccc(C(N)=O)cc2)CC1. The van der Waals surface area contributed by atoms with Crippen molar-refractivity contribution in [1.82, 2.24) is 14.7 Å². The third-order valence-corrected chi connectivity index (χ3v) is 4.55. The van der Waals surface area contributed by atoms with Gasteiger partial charge in [0, 0.05) is 50.4 Å². The molecule has 0 radical (unpaired) electrons. The third-order valence-electron chi connectivity index (χ3n) is 4.55. The molecule has 2 N–H and O–H groups in total. The molecule has 0 aromatic heterocycles. The number of amides is 3. The number of hydrogen-bond acceptors (Lipinski definition) is 4. The van der Waals surface area contributed by atoms with Crippen molar-refractivity contribution in [3.8, 4) is 0 Å². The van der Waals surface area contributed by atoms with E-state index in [4.69, 9.17) is 5.73 Å². The molecule has 0 aliphatic carbocycles. The quantitative estimate of drug-likeness (QED) is 0.808. The maximum Gasteiger partial charge on any atom is 0.253 e. The van der Waals surface area contributed by atoms with Gasteiger partial charge >= 0.3 is 0 Å². The van der Waals surface area contributed by atoms with Gasteiger partial charge < -0.3 is 15.5 Å². The molecular weight excluding hydrogens is 320 g/mol. The fourth-order valence-electron chi connectivity index (χ4n) is 2.94. The van der Waals surface area contributed by atoms with Crippen LogP contribution in [0.4, 0.5) is 0 Å². The van der Waals surface area contributed by atoms with Crippen LogP contribution in [0, 0.1) is 0 Å². The molecule has 136 valence electrons. The molecule has 0 unspecified atom stereocenters. The van der Waals surface area contributed by atoms with Gasteiger partial charge in [0.05, 0.1) is 6.54 Å². The summed E-state index contributed by atoms with van der Waals surface area (Å²) in [7, 11) is 0. The van der Waals surface area contributed by atoms with Crippen LogP contribution in [0.5, 0.6) is 0 Å². The number of benzene rings is 1. The molecule has 7 heteroatoms. The summed E-state index contributed by atoms with van der Waals surface area (Å²) >= 11 is 0. The molecule has 1 saturated heterocycles. The Morgan fingerprint density at radius 2 is 1.48 bits per heavy atom. The molecule has 3 amide bonds.